The second-order valence-corrected chi connectivity index (χ2v) is 5.79. The first-order valence-corrected chi connectivity index (χ1v) is 7.32. The second kappa shape index (κ2) is 6.79. The summed E-state index contributed by atoms with van der Waals surface area (Å²) in [7, 11) is 0. The Morgan fingerprint density at radius 3 is 2.25 bits per heavy atom. The summed E-state index contributed by atoms with van der Waals surface area (Å²) in [5.41, 5.74) is 5.59. The number of hydrogen-bond acceptors (Lipinski definition) is 2. The Morgan fingerprint density at radius 1 is 1.05 bits per heavy atom. The van der Waals surface area contributed by atoms with Crippen molar-refractivity contribution < 1.29 is 0 Å². The third-order valence-corrected chi connectivity index (χ3v) is 4.49. The Bertz CT molecular complexity index is 594. The summed E-state index contributed by atoms with van der Waals surface area (Å²) in [5.74, 6) is 5.68. The largest absolute Gasteiger partial charge is 0.271 e. The van der Waals surface area contributed by atoms with E-state index in [0.717, 1.165) is 16.7 Å². The van der Waals surface area contributed by atoms with Crippen LogP contribution in [0, 0.1) is 6.92 Å². The van der Waals surface area contributed by atoms with Gasteiger partial charge < -0.3 is 0 Å². The lowest BCUT2D eigenvalue weighted by Crippen LogP contribution is -2.30. The lowest BCUT2D eigenvalue weighted by molar-refractivity contribution is 0.552. The molecule has 0 fully saturated rings. The molecule has 0 amide bonds. The molecule has 0 aliphatic rings. The van der Waals surface area contributed by atoms with Gasteiger partial charge in [-0.1, -0.05) is 59.1 Å². The molecule has 20 heavy (non-hydrogen) atoms. The van der Waals surface area contributed by atoms with E-state index in [1.807, 2.05) is 43.3 Å². The van der Waals surface area contributed by atoms with Gasteiger partial charge in [0.1, 0.15) is 0 Å². The van der Waals surface area contributed by atoms with Crippen LogP contribution in [0.15, 0.2) is 36.4 Å². The molecule has 5 heteroatoms. The number of hydrazine groups is 1. The van der Waals surface area contributed by atoms with Crippen molar-refractivity contribution in [1.82, 2.24) is 5.43 Å². The van der Waals surface area contributed by atoms with Crippen LogP contribution in [-0.2, 0) is 6.42 Å². The van der Waals surface area contributed by atoms with Crippen molar-refractivity contribution in [3.05, 3.63) is 68.2 Å². The van der Waals surface area contributed by atoms with Crippen molar-refractivity contribution in [2.24, 2.45) is 5.84 Å². The van der Waals surface area contributed by atoms with E-state index in [-0.39, 0.29) is 6.04 Å². The van der Waals surface area contributed by atoms with Gasteiger partial charge in [-0.2, -0.15) is 0 Å². The Labute approximate surface area is 133 Å². The van der Waals surface area contributed by atoms with Gasteiger partial charge in [0.15, 0.2) is 0 Å². The molecular formula is C15H15Cl3N2. The number of rotatable bonds is 4. The van der Waals surface area contributed by atoms with Gasteiger partial charge in [0, 0.05) is 15.1 Å². The Morgan fingerprint density at radius 2 is 1.65 bits per heavy atom. The maximum absolute atomic E-state index is 6.35. The van der Waals surface area contributed by atoms with Crippen molar-refractivity contribution in [3.63, 3.8) is 0 Å². The lowest BCUT2D eigenvalue weighted by atomic mass is 9.98. The first-order chi connectivity index (χ1) is 9.54. The van der Waals surface area contributed by atoms with Crippen LogP contribution in [0.3, 0.4) is 0 Å². The summed E-state index contributed by atoms with van der Waals surface area (Å²) >= 11 is 18.8. The molecule has 0 spiro atoms. The molecule has 106 valence electrons. The van der Waals surface area contributed by atoms with Crippen LogP contribution in [0.5, 0.6) is 0 Å². The van der Waals surface area contributed by atoms with Crippen LogP contribution in [0.4, 0.5) is 0 Å². The number of nitrogens with two attached hydrogens (primary N) is 1. The Hall–Kier alpha value is -0.770. The van der Waals surface area contributed by atoms with E-state index in [4.69, 9.17) is 40.6 Å². The van der Waals surface area contributed by atoms with Crippen LogP contribution >= 0.6 is 34.8 Å². The second-order valence-electron chi connectivity index (χ2n) is 4.60. The zero-order valence-electron chi connectivity index (χ0n) is 11.0. The van der Waals surface area contributed by atoms with Crippen molar-refractivity contribution in [3.8, 4) is 0 Å². The quantitative estimate of drug-likeness (QED) is 0.630. The molecule has 1 unspecified atom stereocenters. The van der Waals surface area contributed by atoms with Crippen LogP contribution in [-0.4, -0.2) is 0 Å². The zero-order valence-corrected chi connectivity index (χ0v) is 13.2. The summed E-state index contributed by atoms with van der Waals surface area (Å²) in [4.78, 5) is 0. The fraction of sp³-hybridized carbons (Fsp3) is 0.200. The smallest absolute Gasteiger partial charge is 0.0516 e. The summed E-state index contributed by atoms with van der Waals surface area (Å²) in [5, 5.41) is 1.96. The molecule has 0 heterocycles. The molecule has 0 aromatic heterocycles. The molecule has 2 aromatic rings. The van der Waals surface area contributed by atoms with Crippen molar-refractivity contribution in [2.75, 3.05) is 0 Å². The van der Waals surface area contributed by atoms with E-state index >= 15 is 0 Å². The summed E-state index contributed by atoms with van der Waals surface area (Å²) in [6.45, 7) is 1.96. The normalized spacial score (nSPS) is 12.4. The number of nitrogens with one attached hydrogen (secondary N) is 1. The Kier molecular flexibility index (Phi) is 5.30. The maximum atomic E-state index is 6.35. The molecule has 2 aromatic carbocycles. The van der Waals surface area contributed by atoms with E-state index in [1.165, 1.54) is 0 Å². The van der Waals surface area contributed by atoms with Crippen LogP contribution in [0.25, 0.3) is 0 Å². The van der Waals surface area contributed by atoms with Gasteiger partial charge in [0.05, 0.1) is 6.04 Å². The van der Waals surface area contributed by atoms with E-state index in [1.54, 1.807) is 0 Å². The monoisotopic (exact) mass is 328 g/mol. The number of benzene rings is 2. The number of halogens is 3. The summed E-state index contributed by atoms with van der Waals surface area (Å²) in [6.07, 6.45) is 0.568. The van der Waals surface area contributed by atoms with Gasteiger partial charge in [0.25, 0.3) is 0 Å². The molecule has 0 saturated heterocycles. The molecule has 0 aliphatic carbocycles. The van der Waals surface area contributed by atoms with Crippen LogP contribution in [0.2, 0.25) is 15.1 Å². The standard InChI is InChI=1S/C15H15Cl3N2/c1-9-4-2-5-10(15(9)18)14(20-19)8-11-12(16)6-3-7-13(11)17/h2-7,14,20H,8,19H2,1H3. The molecule has 2 rings (SSSR count). The van der Waals surface area contributed by atoms with Gasteiger partial charge in [-0.25, -0.2) is 0 Å². The molecular weight excluding hydrogens is 315 g/mol. The van der Waals surface area contributed by atoms with E-state index in [9.17, 15) is 0 Å². The van der Waals surface area contributed by atoms with Gasteiger partial charge in [-0.15, -0.1) is 0 Å². The molecule has 0 radical (unpaired) electrons. The first kappa shape index (κ1) is 15.6. The highest BCUT2D eigenvalue weighted by Gasteiger charge is 2.18. The van der Waals surface area contributed by atoms with E-state index < -0.39 is 0 Å². The predicted octanol–water partition coefficient (Wildman–Crippen LogP) is 4.70. The SMILES string of the molecule is Cc1cccc(C(Cc2c(Cl)cccc2Cl)NN)c1Cl. The summed E-state index contributed by atoms with van der Waals surface area (Å²) < 4.78 is 0. The van der Waals surface area contributed by atoms with Crippen LogP contribution in [0.1, 0.15) is 22.7 Å². The molecule has 0 aliphatic heterocycles. The lowest BCUT2D eigenvalue weighted by Gasteiger charge is -2.20. The third-order valence-electron chi connectivity index (χ3n) is 3.27. The molecule has 1 atom stereocenters. The first-order valence-electron chi connectivity index (χ1n) is 6.18. The minimum Gasteiger partial charge on any atom is -0.271 e. The third kappa shape index (κ3) is 3.27. The highest BCUT2D eigenvalue weighted by atomic mass is 35.5. The minimum atomic E-state index is -0.153. The van der Waals surface area contributed by atoms with E-state index in [0.29, 0.717) is 21.5 Å². The maximum Gasteiger partial charge on any atom is 0.0516 e. The van der Waals surface area contributed by atoms with Gasteiger partial charge >= 0.3 is 0 Å². The predicted molar refractivity (Wildman–Crippen MR) is 86.4 cm³/mol. The number of aryl methyl sites for hydroxylation is 1. The topological polar surface area (TPSA) is 38.0 Å². The van der Waals surface area contributed by atoms with Gasteiger partial charge in [0.2, 0.25) is 0 Å². The van der Waals surface area contributed by atoms with Crippen molar-refractivity contribution in [2.45, 2.75) is 19.4 Å². The fourth-order valence-electron chi connectivity index (χ4n) is 2.13. The average Bonchev–Trinajstić information content (AvgIpc) is 2.42. The van der Waals surface area contributed by atoms with Gasteiger partial charge in [-0.05, 0) is 42.2 Å². The van der Waals surface area contributed by atoms with Crippen molar-refractivity contribution in [1.29, 1.82) is 0 Å². The van der Waals surface area contributed by atoms with Gasteiger partial charge in [-0.3, -0.25) is 11.3 Å². The molecule has 2 nitrogen and oxygen atoms in total. The molecule has 3 N–H and O–H groups in total. The van der Waals surface area contributed by atoms with Crippen LogP contribution < -0.4 is 11.3 Å². The molecule has 0 saturated carbocycles. The zero-order chi connectivity index (χ0) is 14.7. The fourth-order valence-corrected chi connectivity index (χ4v) is 2.94. The highest BCUT2D eigenvalue weighted by molar-refractivity contribution is 6.36. The molecule has 0 bridgehead atoms. The average molecular weight is 330 g/mol. The van der Waals surface area contributed by atoms with Crippen molar-refractivity contribution >= 4 is 34.8 Å². The summed E-state index contributed by atoms with van der Waals surface area (Å²) in [6, 6.07) is 11.2. The Balaban J connectivity index is 2.37. The van der Waals surface area contributed by atoms with E-state index in [2.05, 4.69) is 5.43 Å². The highest BCUT2D eigenvalue weighted by Crippen LogP contribution is 2.32. The minimum absolute atomic E-state index is 0.153. The number of hydrogen-bond donors (Lipinski definition) is 2.